The van der Waals surface area contributed by atoms with Gasteiger partial charge in [0.25, 0.3) is 0 Å². The summed E-state index contributed by atoms with van der Waals surface area (Å²) >= 11 is 0. The van der Waals surface area contributed by atoms with Gasteiger partial charge in [-0.3, -0.25) is 9.59 Å². The van der Waals surface area contributed by atoms with E-state index in [0.29, 0.717) is 24.8 Å². The molecule has 7 heteroatoms. The van der Waals surface area contributed by atoms with Gasteiger partial charge in [-0.1, -0.05) is 25.5 Å². The van der Waals surface area contributed by atoms with Gasteiger partial charge in [0, 0.05) is 13.0 Å². The zero-order valence-corrected chi connectivity index (χ0v) is 13.5. The van der Waals surface area contributed by atoms with Crippen LogP contribution < -0.4 is 10.6 Å². The summed E-state index contributed by atoms with van der Waals surface area (Å²) in [5.41, 5.74) is -0.278. The molecule has 4 nitrogen and oxygen atoms in total. The Labute approximate surface area is 138 Å². The molecule has 1 aliphatic heterocycles. The van der Waals surface area contributed by atoms with Gasteiger partial charge in [0.1, 0.15) is 0 Å². The van der Waals surface area contributed by atoms with Crippen molar-refractivity contribution < 1.29 is 22.8 Å². The number of amides is 2. The van der Waals surface area contributed by atoms with Gasteiger partial charge in [-0.15, -0.1) is 0 Å². The lowest BCUT2D eigenvalue weighted by atomic mass is 9.95. The Morgan fingerprint density at radius 3 is 2.75 bits per heavy atom. The van der Waals surface area contributed by atoms with Crippen molar-refractivity contribution in [1.82, 2.24) is 10.6 Å². The summed E-state index contributed by atoms with van der Waals surface area (Å²) < 4.78 is 38.6. The molecular formula is C17H21F3N2O2. The van der Waals surface area contributed by atoms with Crippen LogP contribution in [-0.2, 0) is 15.8 Å². The molecule has 1 heterocycles. The molecule has 2 amide bonds. The van der Waals surface area contributed by atoms with Crippen LogP contribution in [0.3, 0.4) is 0 Å². The smallest absolute Gasteiger partial charge is 0.355 e. The average Bonchev–Trinajstić information content (AvgIpc) is 2.54. The molecular weight excluding hydrogens is 321 g/mol. The third-order valence-corrected chi connectivity index (χ3v) is 4.15. The Morgan fingerprint density at radius 2 is 2.17 bits per heavy atom. The predicted molar refractivity (Wildman–Crippen MR) is 83.0 cm³/mol. The summed E-state index contributed by atoms with van der Waals surface area (Å²) in [6, 6.07) is 4.59. The molecule has 0 saturated carbocycles. The Hall–Kier alpha value is -2.05. The standard InChI is InChI=1S/C17H21F3N2O2/c1-2-4-14(11-5-3-6-13(9-11)17(18,19)20)22-16(24)12-7-8-15(23)21-10-12/h3,5-6,9,12,14H,2,4,7-8,10H2,1H3,(H,21,23)(H,22,24)/t12-,14-/m0/s1. The van der Waals surface area contributed by atoms with Gasteiger partial charge in [-0.25, -0.2) is 0 Å². The lowest BCUT2D eigenvalue weighted by Crippen LogP contribution is -2.43. The van der Waals surface area contributed by atoms with Crippen molar-refractivity contribution >= 4 is 11.8 Å². The summed E-state index contributed by atoms with van der Waals surface area (Å²) in [5.74, 6) is -0.652. The normalized spacial score (nSPS) is 19.5. The van der Waals surface area contributed by atoms with Crippen LogP contribution in [-0.4, -0.2) is 18.4 Å². The van der Waals surface area contributed by atoms with E-state index >= 15 is 0 Å². The van der Waals surface area contributed by atoms with E-state index in [9.17, 15) is 22.8 Å². The van der Waals surface area contributed by atoms with Crippen LogP contribution in [0.25, 0.3) is 0 Å². The van der Waals surface area contributed by atoms with E-state index in [1.54, 1.807) is 6.07 Å². The molecule has 0 spiro atoms. The molecule has 2 N–H and O–H groups in total. The molecule has 1 fully saturated rings. The molecule has 0 unspecified atom stereocenters. The van der Waals surface area contributed by atoms with Gasteiger partial charge in [0.2, 0.25) is 11.8 Å². The number of rotatable bonds is 5. The highest BCUT2D eigenvalue weighted by atomic mass is 19.4. The van der Waals surface area contributed by atoms with Crippen LogP contribution in [0.15, 0.2) is 24.3 Å². The van der Waals surface area contributed by atoms with E-state index in [4.69, 9.17) is 0 Å². The van der Waals surface area contributed by atoms with Crippen LogP contribution in [0.1, 0.15) is 49.8 Å². The zero-order valence-electron chi connectivity index (χ0n) is 13.5. The van der Waals surface area contributed by atoms with Crippen molar-refractivity contribution in [2.45, 2.75) is 44.8 Å². The number of piperidine rings is 1. The number of benzene rings is 1. The van der Waals surface area contributed by atoms with Gasteiger partial charge in [0.15, 0.2) is 0 Å². The minimum Gasteiger partial charge on any atom is -0.355 e. The van der Waals surface area contributed by atoms with E-state index in [2.05, 4.69) is 10.6 Å². The fourth-order valence-electron chi connectivity index (χ4n) is 2.79. The molecule has 2 atom stereocenters. The van der Waals surface area contributed by atoms with Crippen molar-refractivity contribution in [3.05, 3.63) is 35.4 Å². The maximum atomic E-state index is 12.9. The first-order chi connectivity index (χ1) is 11.3. The molecule has 0 radical (unpaired) electrons. The van der Waals surface area contributed by atoms with E-state index in [0.717, 1.165) is 18.6 Å². The Bertz CT molecular complexity index is 592. The third-order valence-electron chi connectivity index (χ3n) is 4.15. The van der Waals surface area contributed by atoms with Gasteiger partial charge in [-0.2, -0.15) is 13.2 Å². The van der Waals surface area contributed by atoms with E-state index < -0.39 is 17.8 Å². The largest absolute Gasteiger partial charge is 0.416 e. The Kier molecular flexibility index (Phi) is 5.85. The molecule has 0 aliphatic carbocycles. The Balaban J connectivity index is 2.11. The number of carbonyl (C=O) groups excluding carboxylic acids is 2. The predicted octanol–water partition coefficient (Wildman–Crippen LogP) is 3.19. The molecule has 24 heavy (non-hydrogen) atoms. The van der Waals surface area contributed by atoms with E-state index in [-0.39, 0.29) is 24.3 Å². The van der Waals surface area contributed by atoms with E-state index in [1.165, 1.54) is 6.07 Å². The number of alkyl halides is 3. The first-order valence-electron chi connectivity index (χ1n) is 8.05. The quantitative estimate of drug-likeness (QED) is 0.863. The molecule has 0 bridgehead atoms. The lowest BCUT2D eigenvalue weighted by Gasteiger charge is -2.26. The molecule has 1 aromatic rings. The number of hydrogen-bond donors (Lipinski definition) is 2. The first kappa shape index (κ1) is 18.3. The first-order valence-corrected chi connectivity index (χ1v) is 8.05. The van der Waals surface area contributed by atoms with Crippen LogP contribution in [0, 0.1) is 5.92 Å². The molecule has 1 aliphatic rings. The van der Waals surface area contributed by atoms with Crippen LogP contribution in [0.4, 0.5) is 13.2 Å². The van der Waals surface area contributed by atoms with Gasteiger partial charge in [0.05, 0.1) is 17.5 Å². The summed E-state index contributed by atoms with van der Waals surface area (Å²) in [7, 11) is 0. The second-order valence-corrected chi connectivity index (χ2v) is 6.01. The highest BCUT2D eigenvalue weighted by Gasteiger charge is 2.31. The number of nitrogens with one attached hydrogen (secondary N) is 2. The average molecular weight is 342 g/mol. The molecule has 2 rings (SSSR count). The minimum atomic E-state index is -4.41. The monoisotopic (exact) mass is 342 g/mol. The van der Waals surface area contributed by atoms with E-state index in [1.807, 2.05) is 6.92 Å². The highest BCUT2D eigenvalue weighted by molar-refractivity contribution is 5.83. The van der Waals surface area contributed by atoms with Crippen molar-refractivity contribution in [2.24, 2.45) is 5.92 Å². The fourth-order valence-corrected chi connectivity index (χ4v) is 2.79. The Morgan fingerprint density at radius 1 is 1.42 bits per heavy atom. The number of hydrogen-bond acceptors (Lipinski definition) is 2. The van der Waals surface area contributed by atoms with Crippen LogP contribution >= 0.6 is 0 Å². The van der Waals surface area contributed by atoms with Crippen LogP contribution in [0.2, 0.25) is 0 Å². The summed E-state index contributed by atoms with van der Waals surface area (Å²) in [6.07, 6.45) is -2.39. The third kappa shape index (κ3) is 4.72. The van der Waals surface area contributed by atoms with Gasteiger partial charge >= 0.3 is 6.18 Å². The summed E-state index contributed by atoms with van der Waals surface area (Å²) in [5, 5.41) is 5.48. The minimum absolute atomic E-state index is 0.0814. The van der Waals surface area contributed by atoms with Gasteiger partial charge < -0.3 is 10.6 Å². The lowest BCUT2D eigenvalue weighted by molar-refractivity contribution is -0.137. The van der Waals surface area contributed by atoms with Crippen molar-refractivity contribution in [3.63, 3.8) is 0 Å². The van der Waals surface area contributed by atoms with Gasteiger partial charge in [-0.05, 0) is 30.5 Å². The zero-order chi connectivity index (χ0) is 17.7. The second kappa shape index (κ2) is 7.68. The topological polar surface area (TPSA) is 58.2 Å². The highest BCUT2D eigenvalue weighted by Crippen LogP contribution is 2.31. The van der Waals surface area contributed by atoms with Crippen molar-refractivity contribution in [3.8, 4) is 0 Å². The molecule has 1 saturated heterocycles. The summed E-state index contributed by atoms with van der Waals surface area (Å²) in [6.45, 7) is 2.18. The second-order valence-electron chi connectivity index (χ2n) is 6.01. The maximum absolute atomic E-state index is 12.9. The molecule has 1 aromatic carbocycles. The molecule has 132 valence electrons. The fraction of sp³-hybridized carbons (Fsp3) is 0.529. The maximum Gasteiger partial charge on any atom is 0.416 e. The summed E-state index contributed by atoms with van der Waals surface area (Å²) in [4.78, 5) is 23.5. The SMILES string of the molecule is CCC[C@H](NC(=O)[C@H]1CCC(=O)NC1)c1cccc(C(F)(F)F)c1. The van der Waals surface area contributed by atoms with Crippen molar-refractivity contribution in [1.29, 1.82) is 0 Å². The number of carbonyl (C=O) groups is 2. The van der Waals surface area contributed by atoms with Crippen LogP contribution in [0.5, 0.6) is 0 Å². The molecule has 0 aromatic heterocycles. The number of halogens is 3. The van der Waals surface area contributed by atoms with Crippen molar-refractivity contribution in [2.75, 3.05) is 6.54 Å².